The van der Waals surface area contributed by atoms with E-state index in [0.29, 0.717) is 13.0 Å². The van der Waals surface area contributed by atoms with Crippen molar-refractivity contribution in [3.8, 4) is 0 Å². The number of carbonyl (C=O) groups excluding carboxylic acids is 1. The standard InChI is InChI=1S/C13H26N2O5S2/c1-5-14(12-7-9-22(19,20)10-12)13(16)6-8-15(11(2)3)21(4,17)18/h11-12H,5-10H2,1-4H3. The zero-order chi connectivity index (χ0) is 17.1. The van der Waals surface area contributed by atoms with Crippen molar-refractivity contribution in [3.63, 3.8) is 0 Å². The van der Waals surface area contributed by atoms with E-state index in [1.54, 1.807) is 25.7 Å². The van der Waals surface area contributed by atoms with Gasteiger partial charge in [-0.15, -0.1) is 0 Å². The molecule has 9 heteroatoms. The van der Waals surface area contributed by atoms with E-state index in [1.165, 1.54) is 4.31 Å². The second-order valence-electron chi connectivity index (χ2n) is 5.95. The second-order valence-corrected chi connectivity index (χ2v) is 10.1. The zero-order valence-corrected chi connectivity index (χ0v) is 15.3. The van der Waals surface area contributed by atoms with Gasteiger partial charge in [0, 0.05) is 31.6 Å². The molecule has 1 fully saturated rings. The third kappa shape index (κ3) is 5.20. The van der Waals surface area contributed by atoms with Crippen molar-refractivity contribution in [1.82, 2.24) is 9.21 Å². The molecule has 0 aromatic heterocycles. The van der Waals surface area contributed by atoms with E-state index in [2.05, 4.69) is 0 Å². The van der Waals surface area contributed by atoms with E-state index >= 15 is 0 Å². The predicted molar refractivity (Wildman–Crippen MR) is 85.7 cm³/mol. The van der Waals surface area contributed by atoms with Crippen LogP contribution in [0.1, 0.15) is 33.6 Å². The lowest BCUT2D eigenvalue weighted by Crippen LogP contribution is -2.44. The normalized spacial score (nSPS) is 21.5. The number of nitrogens with zero attached hydrogens (tertiary/aromatic N) is 2. The van der Waals surface area contributed by atoms with Crippen LogP contribution >= 0.6 is 0 Å². The number of rotatable bonds is 7. The average Bonchev–Trinajstić information content (AvgIpc) is 2.68. The summed E-state index contributed by atoms with van der Waals surface area (Å²) in [6.45, 7) is 5.86. The minimum absolute atomic E-state index is 0.00650. The van der Waals surface area contributed by atoms with Crippen molar-refractivity contribution in [1.29, 1.82) is 0 Å². The Morgan fingerprint density at radius 2 is 1.91 bits per heavy atom. The van der Waals surface area contributed by atoms with E-state index < -0.39 is 19.9 Å². The smallest absolute Gasteiger partial charge is 0.224 e. The van der Waals surface area contributed by atoms with Crippen LogP contribution in [0.3, 0.4) is 0 Å². The lowest BCUT2D eigenvalue weighted by atomic mass is 10.2. The highest BCUT2D eigenvalue weighted by molar-refractivity contribution is 7.91. The van der Waals surface area contributed by atoms with Gasteiger partial charge >= 0.3 is 0 Å². The van der Waals surface area contributed by atoms with Crippen LogP contribution in [-0.2, 0) is 24.7 Å². The molecule has 130 valence electrons. The third-order valence-corrected chi connectivity index (χ3v) is 7.06. The molecule has 1 aliphatic rings. The summed E-state index contributed by atoms with van der Waals surface area (Å²) in [7, 11) is -6.42. The molecule has 0 bridgehead atoms. The van der Waals surface area contributed by atoms with Gasteiger partial charge in [0.25, 0.3) is 0 Å². The Hall–Kier alpha value is -0.670. The Morgan fingerprint density at radius 1 is 1.32 bits per heavy atom. The first-order valence-electron chi connectivity index (χ1n) is 7.44. The van der Waals surface area contributed by atoms with Gasteiger partial charge in [-0.25, -0.2) is 16.8 Å². The summed E-state index contributed by atoms with van der Waals surface area (Å²) < 4.78 is 47.7. The summed E-state index contributed by atoms with van der Waals surface area (Å²) in [5.41, 5.74) is 0. The fourth-order valence-corrected chi connectivity index (χ4v) is 5.74. The number of amides is 1. The Balaban J connectivity index is 2.70. The van der Waals surface area contributed by atoms with E-state index in [9.17, 15) is 21.6 Å². The van der Waals surface area contributed by atoms with Crippen LogP contribution in [0.2, 0.25) is 0 Å². The second kappa shape index (κ2) is 7.27. The van der Waals surface area contributed by atoms with Crippen LogP contribution in [0.25, 0.3) is 0 Å². The Bertz CT molecular complexity index is 598. The maximum atomic E-state index is 12.3. The molecule has 7 nitrogen and oxygen atoms in total. The highest BCUT2D eigenvalue weighted by atomic mass is 32.2. The molecule has 0 N–H and O–H groups in total. The Labute approximate surface area is 133 Å². The monoisotopic (exact) mass is 354 g/mol. The minimum atomic E-state index is -3.36. The first kappa shape index (κ1) is 19.4. The predicted octanol–water partition coefficient (Wildman–Crippen LogP) is 0.0821. The highest BCUT2D eigenvalue weighted by Crippen LogP contribution is 2.19. The molecule has 1 heterocycles. The molecule has 1 unspecified atom stereocenters. The molecule has 0 aromatic rings. The molecular formula is C13H26N2O5S2. The largest absolute Gasteiger partial charge is 0.339 e. The molecule has 0 aliphatic carbocycles. The number of sulfone groups is 1. The van der Waals surface area contributed by atoms with Gasteiger partial charge in [-0.3, -0.25) is 4.79 Å². The van der Waals surface area contributed by atoms with E-state index in [0.717, 1.165) is 6.26 Å². The Kier molecular flexibility index (Phi) is 6.40. The molecule has 1 aliphatic heterocycles. The summed E-state index contributed by atoms with van der Waals surface area (Å²) in [6, 6.07) is -0.502. The fraction of sp³-hybridized carbons (Fsp3) is 0.923. The van der Waals surface area contributed by atoms with Crippen LogP contribution in [0.15, 0.2) is 0 Å². The van der Waals surface area contributed by atoms with Crippen LogP contribution in [0.5, 0.6) is 0 Å². The molecule has 1 atom stereocenters. The summed E-state index contributed by atoms with van der Waals surface area (Å²) in [5.74, 6) is -0.0750. The van der Waals surface area contributed by atoms with Gasteiger partial charge in [0.1, 0.15) is 0 Å². The number of sulfonamides is 1. The van der Waals surface area contributed by atoms with E-state index in [4.69, 9.17) is 0 Å². The van der Waals surface area contributed by atoms with Gasteiger partial charge in [0.15, 0.2) is 9.84 Å². The number of hydrogen-bond acceptors (Lipinski definition) is 5. The van der Waals surface area contributed by atoms with Gasteiger partial charge < -0.3 is 4.90 Å². The maximum absolute atomic E-state index is 12.3. The van der Waals surface area contributed by atoms with Gasteiger partial charge in [0.2, 0.25) is 15.9 Å². The van der Waals surface area contributed by atoms with Crippen molar-refractivity contribution in [2.24, 2.45) is 0 Å². The molecule has 0 radical (unpaired) electrons. The Morgan fingerprint density at radius 3 is 2.27 bits per heavy atom. The highest BCUT2D eigenvalue weighted by Gasteiger charge is 2.34. The first-order chi connectivity index (χ1) is 9.98. The van der Waals surface area contributed by atoms with Crippen LogP contribution < -0.4 is 0 Å². The van der Waals surface area contributed by atoms with Crippen molar-refractivity contribution < 1.29 is 21.6 Å². The van der Waals surface area contributed by atoms with E-state index in [-0.39, 0.29) is 42.5 Å². The van der Waals surface area contributed by atoms with Gasteiger partial charge in [-0.2, -0.15) is 4.31 Å². The molecule has 0 spiro atoms. The molecule has 0 aromatic carbocycles. The maximum Gasteiger partial charge on any atom is 0.224 e. The van der Waals surface area contributed by atoms with Crippen LogP contribution in [0, 0.1) is 0 Å². The van der Waals surface area contributed by atoms with Gasteiger partial charge in [0.05, 0.1) is 17.8 Å². The molecule has 1 rings (SSSR count). The number of carbonyl (C=O) groups is 1. The first-order valence-corrected chi connectivity index (χ1v) is 11.1. The quantitative estimate of drug-likeness (QED) is 0.646. The molecular weight excluding hydrogens is 328 g/mol. The zero-order valence-electron chi connectivity index (χ0n) is 13.6. The SMILES string of the molecule is CCN(C(=O)CCN(C(C)C)S(C)(=O)=O)C1CCS(=O)(=O)C1. The van der Waals surface area contributed by atoms with E-state index in [1.807, 2.05) is 0 Å². The van der Waals surface area contributed by atoms with Crippen molar-refractivity contribution >= 4 is 25.8 Å². The lowest BCUT2D eigenvalue weighted by molar-refractivity contribution is -0.133. The molecule has 1 saturated heterocycles. The summed E-state index contributed by atoms with van der Waals surface area (Å²) in [4.78, 5) is 13.9. The van der Waals surface area contributed by atoms with Crippen molar-refractivity contribution in [2.75, 3.05) is 30.9 Å². The summed E-state index contributed by atoms with van der Waals surface area (Å²) >= 11 is 0. The van der Waals surface area contributed by atoms with Crippen molar-refractivity contribution in [2.45, 2.75) is 45.7 Å². The minimum Gasteiger partial charge on any atom is -0.339 e. The molecule has 22 heavy (non-hydrogen) atoms. The van der Waals surface area contributed by atoms with Crippen LogP contribution in [-0.4, -0.2) is 74.9 Å². The lowest BCUT2D eigenvalue weighted by Gasteiger charge is -2.29. The summed E-state index contributed by atoms with van der Waals surface area (Å²) in [6.07, 6.45) is 1.65. The third-order valence-electron chi connectivity index (χ3n) is 3.86. The topological polar surface area (TPSA) is 91.8 Å². The molecule has 0 saturated carbocycles. The molecule has 1 amide bonds. The van der Waals surface area contributed by atoms with Crippen LogP contribution in [0.4, 0.5) is 0 Å². The number of hydrogen-bond donors (Lipinski definition) is 0. The van der Waals surface area contributed by atoms with Gasteiger partial charge in [-0.05, 0) is 27.2 Å². The van der Waals surface area contributed by atoms with Crippen molar-refractivity contribution in [3.05, 3.63) is 0 Å². The average molecular weight is 354 g/mol. The fourth-order valence-electron chi connectivity index (χ4n) is 2.82. The van der Waals surface area contributed by atoms with Gasteiger partial charge in [-0.1, -0.05) is 0 Å². The summed E-state index contributed by atoms with van der Waals surface area (Å²) in [5, 5.41) is 0.